The zero-order chi connectivity index (χ0) is 18.0. The number of piperidine rings is 1. The van der Waals surface area contributed by atoms with Crippen LogP contribution in [0.2, 0.25) is 0 Å². The van der Waals surface area contributed by atoms with Gasteiger partial charge in [0.2, 0.25) is 5.91 Å². The van der Waals surface area contributed by atoms with Crippen LogP contribution < -0.4 is 10.1 Å². The van der Waals surface area contributed by atoms with E-state index in [0.29, 0.717) is 19.5 Å². The second-order valence-corrected chi connectivity index (χ2v) is 7.27. The summed E-state index contributed by atoms with van der Waals surface area (Å²) >= 11 is 0. The standard InChI is InChI=1S/C19H27N3O3/c1-20-17(23)12-14-13-19(25-16-7-5-4-6-15(14)16)8-10-22(11-9-19)18(24)21(2)3/h4-7,14H,8-13H2,1-3H3,(H,20,23)/t14-/m0/s1. The van der Waals surface area contributed by atoms with Gasteiger partial charge in [-0.1, -0.05) is 18.2 Å². The highest BCUT2D eigenvalue weighted by atomic mass is 16.5. The number of nitrogens with zero attached hydrogens (tertiary/aromatic N) is 2. The van der Waals surface area contributed by atoms with Gasteiger partial charge < -0.3 is 19.9 Å². The highest BCUT2D eigenvalue weighted by Crippen LogP contribution is 2.46. The molecule has 0 aliphatic carbocycles. The molecule has 1 atom stereocenters. The third kappa shape index (κ3) is 3.57. The van der Waals surface area contributed by atoms with Crippen molar-refractivity contribution in [1.29, 1.82) is 0 Å². The van der Waals surface area contributed by atoms with Crippen molar-refractivity contribution in [2.45, 2.75) is 37.2 Å². The Morgan fingerprint density at radius 1 is 1.28 bits per heavy atom. The number of hydrogen-bond acceptors (Lipinski definition) is 3. The van der Waals surface area contributed by atoms with Crippen LogP contribution >= 0.6 is 0 Å². The summed E-state index contributed by atoms with van der Waals surface area (Å²) in [6, 6.07) is 8.06. The lowest BCUT2D eigenvalue weighted by Gasteiger charge is -2.47. The number of hydrogen-bond donors (Lipinski definition) is 1. The Morgan fingerprint density at radius 2 is 1.96 bits per heavy atom. The zero-order valence-electron chi connectivity index (χ0n) is 15.2. The number of amides is 3. The van der Waals surface area contributed by atoms with E-state index >= 15 is 0 Å². The first-order valence-electron chi connectivity index (χ1n) is 8.89. The molecule has 0 saturated carbocycles. The second-order valence-electron chi connectivity index (χ2n) is 7.27. The number of carbonyl (C=O) groups excluding carboxylic acids is 2. The maximum Gasteiger partial charge on any atom is 0.319 e. The topological polar surface area (TPSA) is 61.9 Å². The molecule has 0 bridgehead atoms. The molecule has 2 aliphatic heterocycles. The summed E-state index contributed by atoms with van der Waals surface area (Å²) in [4.78, 5) is 27.6. The molecule has 1 aromatic carbocycles. The third-order valence-electron chi connectivity index (χ3n) is 5.34. The number of benzene rings is 1. The van der Waals surface area contributed by atoms with Crippen LogP contribution in [0.25, 0.3) is 0 Å². The van der Waals surface area contributed by atoms with Crippen LogP contribution in [0.1, 0.15) is 37.2 Å². The van der Waals surface area contributed by atoms with Gasteiger partial charge in [0.1, 0.15) is 11.4 Å². The lowest BCUT2D eigenvalue weighted by molar-refractivity contribution is -0.121. The molecule has 0 radical (unpaired) electrons. The van der Waals surface area contributed by atoms with Crippen LogP contribution in [0.3, 0.4) is 0 Å². The van der Waals surface area contributed by atoms with E-state index in [1.165, 1.54) is 0 Å². The third-order valence-corrected chi connectivity index (χ3v) is 5.34. The van der Waals surface area contributed by atoms with Crippen LogP contribution in [0.4, 0.5) is 4.79 Å². The number of para-hydroxylation sites is 1. The lowest BCUT2D eigenvalue weighted by Crippen LogP contribution is -2.53. The summed E-state index contributed by atoms with van der Waals surface area (Å²) in [7, 11) is 5.23. The molecule has 0 aromatic heterocycles. The highest BCUT2D eigenvalue weighted by molar-refractivity contribution is 5.77. The molecule has 1 saturated heterocycles. The van der Waals surface area contributed by atoms with Crippen LogP contribution in [-0.4, -0.2) is 61.6 Å². The van der Waals surface area contributed by atoms with E-state index in [9.17, 15) is 9.59 Å². The Bertz CT molecular complexity index is 651. The van der Waals surface area contributed by atoms with Crippen LogP contribution in [0.5, 0.6) is 5.75 Å². The van der Waals surface area contributed by atoms with Crippen molar-refractivity contribution < 1.29 is 14.3 Å². The minimum Gasteiger partial charge on any atom is -0.487 e. The number of carbonyl (C=O) groups is 2. The molecule has 25 heavy (non-hydrogen) atoms. The maximum atomic E-state index is 12.2. The fourth-order valence-corrected chi connectivity index (χ4v) is 3.95. The minimum absolute atomic E-state index is 0.0490. The molecule has 1 aromatic rings. The normalized spacial score (nSPS) is 21.2. The number of fused-ring (bicyclic) bond motifs is 1. The van der Waals surface area contributed by atoms with Gasteiger partial charge in [-0.25, -0.2) is 4.79 Å². The maximum absolute atomic E-state index is 12.2. The van der Waals surface area contributed by atoms with Gasteiger partial charge in [0, 0.05) is 59.4 Å². The Balaban J connectivity index is 1.78. The summed E-state index contributed by atoms with van der Waals surface area (Å²) < 4.78 is 6.41. The number of ether oxygens (including phenoxy) is 1. The molecular weight excluding hydrogens is 318 g/mol. The summed E-state index contributed by atoms with van der Waals surface area (Å²) in [5, 5.41) is 2.73. The quantitative estimate of drug-likeness (QED) is 0.894. The summed E-state index contributed by atoms with van der Waals surface area (Å²) in [5.74, 6) is 1.09. The molecule has 136 valence electrons. The Labute approximate surface area is 149 Å². The fraction of sp³-hybridized carbons (Fsp3) is 0.579. The van der Waals surface area contributed by atoms with Gasteiger partial charge in [0.25, 0.3) is 0 Å². The number of rotatable bonds is 2. The molecule has 2 heterocycles. The van der Waals surface area contributed by atoms with Gasteiger partial charge in [-0.05, 0) is 18.1 Å². The molecular formula is C19H27N3O3. The van der Waals surface area contributed by atoms with Gasteiger partial charge >= 0.3 is 6.03 Å². The largest absolute Gasteiger partial charge is 0.487 e. The first-order chi connectivity index (χ1) is 11.9. The van der Waals surface area contributed by atoms with Crippen LogP contribution in [0.15, 0.2) is 24.3 Å². The summed E-state index contributed by atoms with van der Waals surface area (Å²) in [6.45, 7) is 1.37. The van der Waals surface area contributed by atoms with E-state index in [1.54, 1.807) is 26.0 Å². The Hall–Kier alpha value is -2.24. The average Bonchev–Trinajstić information content (AvgIpc) is 2.61. The number of urea groups is 1. The van der Waals surface area contributed by atoms with Gasteiger partial charge in [-0.3, -0.25) is 4.79 Å². The molecule has 1 spiro atoms. The SMILES string of the molecule is CNC(=O)C[C@H]1CC2(CCN(C(=O)N(C)C)CC2)Oc2ccccc21. The molecule has 2 aliphatic rings. The molecule has 1 N–H and O–H groups in total. The predicted molar refractivity (Wildman–Crippen MR) is 95.7 cm³/mol. The Kier molecular flexibility index (Phi) is 4.88. The average molecular weight is 345 g/mol. The van der Waals surface area contributed by atoms with Crippen molar-refractivity contribution in [1.82, 2.24) is 15.1 Å². The summed E-state index contributed by atoms with van der Waals surface area (Å²) in [5.41, 5.74) is 0.833. The van der Waals surface area contributed by atoms with Crippen molar-refractivity contribution in [2.24, 2.45) is 0 Å². The van der Waals surface area contributed by atoms with Crippen molar-refractivity contribution in [2.75, 3.05) is 34.2 Å². The molecule has 6 nitrogen and oxygen atoms in total. The van der Waals surface area contributed by atoms with Crippen LogP contribution in [-0.2, 0) is 4.79 Å². The molecule has 0 unspecified atom stereocenters. The Morgan fingerprint density at radius 3 is 2.60 bits per heavy atom. The van der Waals surface area contributed by atoms with E-state index in [0.717, 1.165) is 30.6 Å². The van der Waals surface area contributed by atoms with Gasteiger partial charge in [0.15, 0.2) is 0 Å². The molecule has 1 fully saturated rings. The van der Waals surface area contributed by atoms with Crippen molar-refractivity contribution >= 4 is 11.9 Å². The molecule has 3 rings (SSSR count). The first kappa shape index (κ1) is 17.6. The lowest BCUT2D eigenvalue weighted by atomic mass is 9.76. The van der Waals surface area contributed by atoms with E-state index < -0.39 is 0 Å². The number of nitrogens with one attached hydrogen (secondary N) is 1. The molecule has 6 heteroatoms. The van der Waals surface area contributed by atoms with Crippen LogP contribution in [0, 0.1) is 0 Å². The minimum atomic E-state index is -0.282. The monoisotopic (exact) mass is 345 g/mol. The van der Waals surface area contributed by atoms with Crippen molar-refractivity contribution in [3.63, 3.8) is 0 Å². The highest BCUT2D eigenvalue weighted by Gasteiger charge is 2.44. The second kappa shape index (κ2) is 6.94. The molecule has 3 amide bonds. The first-order valence-corrected chi connectivity index (χ1v) is 8.89. The predicted octanol–water partition coefficient (Wildman–Crippen LogP) is 2.21. The van der Waals surface area contributed by atoms with Gasteiger partial charge in [0.05, 0.1) is 0 Å². The smallest absolute Gasteiger partial charge is 0.319 e. The summed E-state index contributed by atoms with van der Waals surface area (Å²) in [6.07, 6.45) is 2.89. The van der Waals surface area contributed by atoms with Crippen molar-refractivity contribution in [3.8, 4) is 5.75 Å². The van der Waals surface area contributed by atoms with E-state index in [1.807, 2.05) is 23.1 Å². The van der Waals surface area contributed by atoms with E-state index in [-0.39, 0.29) is 23.5 Å². The van der Waals surface area contributed by atoms with E-state index in [2.05, 4.69) is 11.4 Å². The number of likely N-dealkylation sites (tertiary alicyclic amines) is 1. The van der Waals surface area contributed by atoms with E-state index in [4.69, 9.17) is 4.74 Å². The van der Waals surface area contributed by atoms with Gasteiger partial charge in [-0.2, -0.15) is 0 Å². The zero-order valence-corrected chi connectivity index (χ0v) is 15.2. The van der Waals surface area contributed by atoms with Gasteiger partial charge in [-0.15, -0.1) is 0 Å². The van der Waals surface area contributed by atoms with Crippen molar-refractivity contribution in [3.05, 3.63) is 29.8 Å². The fourth-order valence-electron chi connectivity index (χ4n) is 3.95.